The predicted octanol–water partition coefficient (Wildman–Crippen LogP) is 5.28. The van der Waals surface area contributed by atoms with E-state index in [4.69, 9.17) is 30.8 Å². The van der Waals surface area contributed by atoms with Gasteiger partial charge >= 0.3 is 0 Å². The van der Waals surface area contributed by atoms with Crippen LogP contribution in [0.15, 0.2) is 30.3 Å². The second-order valence-corrected chi connectivity index (χ2v) is 17.5. The number of amides is 1. The maximum Gasteiger partial charge on any atom is 0.283 e. The molecule has 1 aromatic carbocycles. The number of fused-ring (bicyclic) bond motifs is 3. The first-order valence-electron chi connectivity index (χ1n) is 17.6. The van der Waals surface area contributed by atoms with E-state index < -0.39 is 21.2 Å². The van der Waals surface area contributed by atoms with Gasteiger partial charge in [-0.15, -0.1) is 0 Å². The van der Waals surface area contributed by atoms with Crippen LogP contribution >= 0.6 is 11.6 Å². The van der Waals surface area contributed by atoms with Crippen LogP contribution in [0.1, 0.15) is 74.0 Å². The van der Waals surface area contributed by atoms with Crippen LogP contribution in [0.25, 0.3) is 0 Å². The smallest absolute Gasteiger partial charge is 0.283 e. The van der Waals surface area contributed by atoms with Crippen LogP contribution in [-0.4, -0.2) is 82.2 Å². The van der Waals surface area contributed by atoms with Crippen LogP contribution in [0.4, 0.5) is 5.82 Å². The molecule has 3 aliphatic heterocycles. The number of nitrogens with zero attached hydrogens (tertiary/aromatic N) is 3. The Bertz CT molecular complexity index is 1630. The quantitative estimate of drug-likeness (QED) is 0.448. The van der Waals surface area contributed by atoms with Crippen LogP contribution in [-0.2, 0) is 32.5 Å². The number of nitrogens with one attached hydrogen (secondary N) is 1. The summed E-state index contributed by atoms with van der Waals surface area (Å²) in [6.45, 7) is 6.79. The van der Waals surface area contributed by atoms with E-state index in [0.717, 1.165) is 63.6 Å². The number of likely N-dealkylation sites (N-methyl/N-ethyl adjacent to an activating group) is 1. The van der Waals surface area contributed by atoms with E-state index in [2.05, 4.69) is 28.6 Å². The Morgan fingerprint density at radius 1 is 1.06 bits per heavy atom. The van der Waals surface area contributed by atoms with Gasteiger partial charge < -0.3 is 24.0 Å². The maximum absolute atomic E-state index is 13.5. The molecule has 2 aromatic rings. The molecule has 1 aromatic heterocycles. The molecule has 1 amide bonds. The van der Waals surface area contributed by atoms with Crippen LogP contribution in [0.5, 0.6) is 5.75 Å². The topological polar surface area (TPSA) is 110 Å². The van der Waals surface area contributed by atoms with Crippen molar-refractivity contribution in [1.29, 1.82) is 0 Å². The van der Waals surface area contributed by atoms with E-state index in [0.29, 0.717) is 54.2 Å². The van der Waals surface area contributed by atoms with Gasteiger partial charge in [-0.25, -0.2) is 18.1 Å². The average Bonchev–Trinajstić information content (AvgIpc) is 3.60. The number of carbonyl (C=O) groups is 1. The number of hydrogen-bond acceptors (Lipinski definition) is 9. The number of aromatic nitrogens is 1. The molecule has 3 fully saturated rings. The highest BCUT2D eigenvalue weighted by molar-refractivity contribution is 7.90. The Morgan fingerprint density at radius 3 is 2.62 bits per heavy atom. The molecule has 4 heterocycles. The second kappa shape index (κ2) is 13.4. The van der Waals surface area contributed by atoms with Crippen molar-refractivity contribution in [2.75, 3.05) is 45.3 Å². The van der Waals surface area contributed by atoms with Gasteiger partial charge in [0.05, 0.1) is 24.5 Å². The monoisotopic (exact) mass is 700 g/mol. The molecule has 2 bridgehead atoms. The standard InChI is InChI=1S/C36H49ClN4O6S/c1-22-8-7-14-36(35-46-20-28(21-47-35)40(3)4)29-17-26(32(29)36)18-41-15-6-5-9-24-16-27(37)11-10-25(24)19-45-31-13-12-30(38-33(31)41)34(42)39-48(43,44)23(22)2/h10-13,16,22-23,26,28-29,32,35H,5-9,14-15,17-21H2,1-4H3,(H,39,42)/t22-,23+,26-,28-,29?,32-,35-,36?/m0/s1. The zero-order chi connectivity index (χ0) is 33.8. The molecule has 7 rings (SSSR count). The summed E-state index contributed by atoms with van der Waals surface area (Å²) < 4.78 is 48.7. The molecule has 6 atom stereocenters. The molecule has 2 unspecified atom stereocenters. The number of carbonyl (C=O) groups excluding carboxylic acids is 1. The number of benzene rings is 1. The van der Waals surface area contributed by atoms with Gasteiger partial charge in [-0.2, -0.15) is 0 Å². The van der Waals surface area contributed by atoms with Crippen molar-refractivity contribution in [3.8, 4) is 5.75 Å². The van der Waals surface area contributed by atoms with Crippen molar-refractivity contribution in [2.45, 2.75) is 83.0 Å². The molecule has 48 heavy (non-hydrogen) atoms. The van der Waals surface area contributed by atoms with E-state index in [9.17, 15) is 13.2 Å². The second-order valence-electron chi connectivity index (χ2n) is 15.0. The molecule has 0 spiro atoms. The van der Waals surface area contributed by atoms with Crippen molar-refractivity contribution in [3.05, 3.63) is 52.2 Å². The summed E-state index contributed by atoms with van der Waals surface area (Å²) in [5, 5.41) is -0.0352. The number of ether oxygens (including phenoxy) is 3. The summed E-state index contributed by atoms with van der Waals surface area (Å²) in [5.41, 5.74) is 2.23. The molecule has 5 aliphatic rings. The zero-order valence-electron chi connectivity index (χ0n) is 28.5. The first kappa shape index (κ1) is 34.0. The maximum atomic E-state index is 13.5. The predicted molar refractivity (Wildman–Crippen MR) is 185 cm³/mol. The number of aryl methyl sites for hydroxylation is 1. The number of hydrogen-bond donors (Lipinski definition) is 1. The van der Waals surface area contributed by atoms with Crippen molar-refractivity contribution in [2.24, 2.45) is 29.1 Å². The lowest BCUT2D eigenvalue weighted by molar-refractivity contribution is -0.236. The highest BCUT2D eigenvalue weighted by Gasteiger charge is 2.77. The van der Waals surface area contributed by atoms with Gasteiger partial charge in [0.15, 0.2) is 17.9 Å². The van der Waals surface area contributed by atoms with Crippen LogP contribution in [0.3, 0.4) is 0 Å². The van der Waals surface area contributed by atoms with Gasteiger partial charge in [0.2, 0.25) is 10.0 Å². The third-order valence-corrected chi connectivity index (χ3v) is 14.2. The molecule has 2 aliphatic carbocycles. The Labute approximate surface area is 289 Å². The zero-order valence-corrected chi connectivity index (χ0v) is 30.1. The van der Waals surface area contributed by atoms with E-state index in [1.54, 1.807) is 19.1 Å². The van der Waals surface area contributed by atoms with Crippen molar-refractivity contribution < 1.29 is 27.4 Å². The Morgan fingerprint density at radius 2 is 1.85 bits per heavy atom. The normalized spacial score (nSPS) is 35.2. The third kappa shape index (κ3) is 6.34. The summed E-state index contributed by atoms with van der Waals surface area (Å²) >= 11 is 6.36. The molecule has 10 nitrogen and oxygen atoms in total. The van der Waals surface area contributed by atoms with E-state index in [1.807, 2.05) is 25.1 Å². The van der Waals surface area contributed by atoms with Gasteiger partial charge in [-0.3, -0.25) is 4.79 Å². The Hall–Kier alpha value is -2.44. The molecule has 1 saturated heterocycles. The van der Waals surface area contributed by atoms with Crippen molar-refractivity contribution >= 4 is 33.3 Å². The minimum atomic E-state index is -3.94. The molecular formula is C36H49ClN4O6S. The molecule has 262 valence electrons. The lowest BCUT2D eigenvalue weighted by atomic mass is 9.84. The highest BCUT2D eigenvalue weighted by atomic mass is 35.5. The van der Waals surface area contributed by atoms with Gasteiger partial charge in [-0.1, -0.05) is 31.0 Å². The summed E-state index contributed by atoms with van der Waals surface area (Å²) in [6.07, 6.45) is 6.15. The lowest BCUT2D eigenvalue weighted by Crippen LogP contribution is -2.47. The fraction of sp³-hybridized carbons (Fsp3) is 0.667. The van der Waals surface area contributed by atoms with Crippen molar-refractivity contribution in [1.82, 2.24) is 14.6 Å². The average molecular weight is 701 g/mol. The molecule has 12 heteroatoms. The van der Waals surface area contributed by atoms with Gasteiger partial charge in [0, 0.05) is 23.5 Å². The largest absolute Gasteiger partial charge is 0.485 e. The number of pyridine rings is 1. The third-order valence-electron chi connectivity index (χ3n) is 12.0. The van der Waals surface area contributed by atoms with Gasteiger partial charge in [-0.05, 0) is 119 Å². The fourth-order valence-corrected chi connectivity index (χ4v) is 10.3. The van der Waals surface area contributed by atoms with E-state index in [1.165, 1.54) is 5.56 Å². The summed E-state index contributed by atoms with van der Waals surface area (Å²) in [4.78, 5) is 22.7. The Balaban J connectivity index is 1.23. The number of anilines is 1. The first-order chi connectivity index (χ1) is 23.0. The van der Waals surface area contributed by atoms with Gasteiger partial charge in [0.1, 0.15) is 12.3 Å². The SMILES string of the molecule is C[C@@H]1[C@@H](C)CCCC2([C@H]3OC[C@H](N(C)C)CO3)C3C[C@@H](CN4CCCCc5cc(Cl)ccc5COc5ccc(nc54)C(=O)NS1(=O)=O)[C@@H]32. The molecule has 2 saturated carbocycles. The van der Waals surface area contributed by atoms with Gasteiger partial charge in [0.25, 0.3) is 5.91 Å². The van der Waals surface area contributed by atoms with Crippen LogP contribution < -0.4 is 14.4 Å². The summed E-state index contributed by atoms with van der Waals surface area (Å²) in [5.74, 6) is 1.71. The lowest BCUT2D eigenvalue weighted by Gasteiger charge is -2.38. The number of rotatable bonds is 2. The number of sulfonamides is 1. The van der Waals surface area contributed by atoms with E-state index >= 15 is 0 Å². The first-order valence-corrected chi connectivity index (χ1v) is 19.5. The molecule has 1 N–H and O–H groups in total. The van der Waals surface area contributed by atoms with Crippen LogP contribution in [0.2, 0.25) is 5.02 Å². The minimum absolute atomic E-state index is 0.0617. The number of halogens is 1. The summed E-state index contributed by atoms with van der Waals surface area (Å²) in [6, 6.07) is 9.47. The van der Waals surface area contributed by atoms with E-state index in [-0.39, 0.29) is 29.4 Å². The van der Waals surface area contributed by atoms with Crippen molar-refractivity contribution in [3.63, 3.8) is 0 Å². The highest BCUT2D eigenvalue weighted by Crippen LogP contribution is 2.77. The Kier molecular flexibility index (Phi) is 9.47. The summed E-state index contributed by atoms with van der Waals surface area (Å²) in [7, 11) is 0.176. The fourth-order valence-electron chi connectivity index (χ4n) is 8.83. The van der Waals surface area contributed by atoms with Crippen LogP contribution in [0, 0.1) is 29.1 Å². The molecule has 0 radical (unpaired) electrons. The minimum Gasteiger partial charge on any atom is -0.485 e. The molecular weight excluding hydrogens is 652 g/mol.